The molecule has 1 aromatic carbocycles. The van der Waals surface area contributed by atoms with Crippen molar-refractivity contribution in [2.75, 3.05) is 33.7 Å². The van der Waals surface area contributed by atoms with Crippen LogP contribution in [-0.2, 0) is 0 Å². The van der Waals surface area contributed by atoms with Crippen molar-refractivity contribution in [1.82, 2.24) is 9.80 Å². The van der Waals surface area contributed by atoms with Gasteiger partial charge in [-0.3, -0.25) is 4.79 Å². The highest BCUT2D eigenvalue weighted by atomic mass is 16.2. The summed E-state index contributed by atoms with van der Waals surface area (Å²) in [5.41, 5.74) is 1.69. The fourth-order valence-corrected chi connectivity index (χ4v) is 1.60. The molecule has 1 amide bonds. The number of hydrogen-bond acceptors (Lipinski definition) is 2. The highest BCUT2D eigenvalue weighted by Gasteiger charge is 2.11. The number of benzene rings is 1. The van der Waals surface area contributed by atoms with Crippen LogP contribution in [0.4, 0.5) is 0 Å². The van der Waals surface area contributed by atoms with E-state index in [1.54, 1.807) is 11.0 Å². The molecular weight excluding hydrogens is 224 g/mol. The quantitative estimate of drug-likeness (QED) is 0.769. The molecule has 0 spiro atoms. The van der Waals surface area contributed by atoms with Crippen LogP contribution in [0.25, 0.3) is 6.08 Å². The molecule has 0 saturated carbocycles. The van der Waals surface area contributed by atoms with Gasteiger partial charge in [0, 0.05) is 25.7 Å². The Labute approximate surface area is 110 Å². The van der Waals surface area contributed by atoms with Crippen LogP contribution in [0.3, 0.4) is 0 Å². The SMILES string of the molecule is C=Cc1cccc(C(=O)N(C)CCN(C)CC)c1. The smallest absolute Gasteiger partial charge is 0.253 e. The van der Waals surface area contributed by atoms with E-state index in [1.165, 1.54) is 0 Å². The van der Waals surface area contributed by atoms with Crippen LogP contribution in [0.15, 0.2) is 30.8 Å². The summed E-state index contributed by atoms with van der Waals surface area (Å²) in [6, 6.07) is 7.54. The van der Waals surface area contributed by atoms with Gasteiger partial charge in [0.05, 0.1) is 0 Å². The highest BCUT2D eigenvalue weighted by molar-refractivity contribution is 5.94. The number of rotatable bonds is 6. The predicted octanol–water partition coefficient (Wildman–Crippen LogP) is 2.35. The van der Waals surface area contributed by atoms with Crippen LogP contribution >= 0.6 is 0 Å². The first-order valence-electron chi connectivity index (χ1n) is 6.25. The van der Waals surface area contributed by atoms with E-state index in [1.807, 2.05) is 31.3 Å². The van der Waals surface area contributed by atoms with Gasteiger partial charge in [-0.2, -0.15) is 0 Å². The van der Waals surface area contributed by atoms with E-state index in [-0.39, 0.29) is 5.91 Å². The zero-order valence-electron chi connectivity index (χ0n) is 11.5. The first kappa shape index (κ1) is 14.5. The van der Waals surface area contributed by atoms with E-state index in [0.717, 1.165) is 25.2 Å². The van der Waals surface area contributed by atoms with E-state index in [9.17, 15) is 4.79 Å². The standard InChI is InChI=1S/C15H22N2O/c1-5-13-8-7-9-14(12-13)15(18)17(4)11-10-16(3)6-2/h5,7-9,12H,1,6,10-11H2,2-4H3. The number of nitrogens with zero attached hydrogens (tertiary/aromatic N) is 2. The molecule has 0 unspecified atom stereocenters. The van der Waals surface area contributed by atoms with Crippen molar-refractivity contribution < 1.29 is 4.79 Å². The Hall–Kier alpha value is -1.61. The Morgan fingerprint density at radius 1 is 1.33 bits per heavy atom. The third kappa shape index (κ3) is 4.00. The first-order valence-corrected chi connectivity index (χ1v) is 6.25. The Morgan fingerprint density at radius 3 is 2.67 bits per heavy atom. The molecule has 0 aliphatic heterocycles. The van der Waals surface area contributed by atoms with Crippen LogP contribution in [0.2, 0.25) is 0 Å². The van der Waals surface area contributed by atoms with E-state index < -0.39 is 0 Å². The van der Waals surface area contributed by atoms with Gasteiger partial charge in [0.1, 0.15) is 0 Å². The molecule has 1 rings (SSSR count). The second-order valence-corrected chi connectivity index (χ2v) is 4.45. The van der Waals surface area contributed by atoms with E-state index >= 15 is 0 Å². The van der Waals surface area contributed by atoms with Crippen molar-refractivity contribution in [2.45, 2.75) is 6.92 Å². The third-order valence-corrected chi connectivity index (χ3v) is 3.07. The van der Waals surface area contributed by atoms with E-state index in [4.69, 9.17) is 0 Å². The summed E-state index contributed by atoms with van der Waals surface area (Å²) >= 11 is 0. The lowest BCUT2D eigenvalue weighted by Gasteiger charge is -2.21. The predicted molar refractivity (Wildman–Crippen MR) is 76.7 cm³/mol. The molecule has 18 heavy (non-hydrogen) atoms. The van der Waals surface area contributed by atoms with Gasteiger partial charge < -0.3 is 9.80 Å². The van der Waals surface area contributed by atoms with Crippen LogP contribution in [0.5, 0.6) is 0 Å². The van der Waals surface area contributed by atoms with Crippen molar-refractivity contribution in [3.63, 3.8) is 0 Å². The maximum atomic E-state index is 12.2. The lowest BCUT2D eigenvalue weighted by atomic mass is 10.1. The second-order valence-electron chi connectivity index (χ2n) is 4.45. The molecule has 0 radical (unpaired) electrons. The number of carbonyl (C=O) groups excluding carboxylic acids is 1. The van der Waals surface area contributed by atoms with Crippen LogP contribution < -0.4 is 0 Å². The van der Waals surface area contributed by atoms with Crippen molar-refractivity contribution >= 4 is 12.0 Å². The maximum Gasteiger partial charge on any atom is 0.253 e. The van der Waals surface area contributed by atoms with Gasteiger partial charge in [0.15, 0.2) is 0 Å². The molecule has 0 aliphatic carbocycles. The molecule has 0 heterocycles. The number of carbonyl (C=O) groups is 1. The van der Waals surface area contributed by atoms with Gasteiger partial charge in [-0.1, -0.05) is 31.7 Å². The fourth-order valence-electron chi connectivity index (χ4n) is 1.60. The third-order valence-electron chi connectivity index (χ3n) is 3.07. The van der Waals surface area contributed by atoms with Gasteiger partial charge in [0.2, 0.25) is 0 Å². The van der Waals surface area contributed by atoms with Crippen LogP contribution in [0, 0.1) is 0 Å². The van der Waals surface area contributed by atoms with Gasteiger partial charge in [-0.15, -0.1) is 0 Å². The summed E-state index contributed by atoms with van der Waals surface area (Å²) in [5.74, 6) is 0.0585. The molecule has 0 saturated heterocycles. The highest BCUT2D eigenvalue weighted by Crippen LogP contribution is 2.08. The molecule has 3 nitrogen and oxygen atoms in total. The Kier molecular flexibility index (Phi) is 5.59. The molecule has 0 N–H and O–H groups in total. The van der Waals surface area contributed by atoms with E-state index in [2.05, 4.69) is 25.5 Å². The summed E-state index contributed by atoms with van der Waals surface area (Å²) < 4.78 is 0. The van der Waals surface area contributed by atoms with Crippen molar-refractivity contribution in [1.29, 1.82) is 0 Å². The molecular formula is C15H22N2O. The molecule has 0 atom stereocenters. The molecule has 1 aromatic rings. The summed E-state index contributed by atoms with van der Waals surface area (Å²) in [6.45, 7) is 8.44. The van der Waals surface area contributed by atoms with Crippen LogP contribution in [0.1, 0.15) is 22.8 Å². The molecule has 98 valence electrons. The molecule has 0 bridgehead atoms. The monoisotopic (exact) mass is 246 g/mol. The molecule has 3 heteroatoms. The zero-order chi connectivity index (χ0) is 13.5. The lowest BCUT2D eigenvalue weighted by molar-refractivity contribution is 0.0783. The van der Waals surface area contributed by atoms with Gasteiger partial charge in [-0.05, 0) is 31.3 Å². The Balaban J connectivity index is 2.65. The molecule has 0 aliphatic rings. The second kappa shape index (κ2) is 6.97. The maximum absolute atomic E-state index is 12.2. The van der Waals surface area contributed by atoms with Gasteiger partial charge in [-0.25, -0.2) is 0 Å². The number of hydrogen-bond donors (Lipinski definition) is 0. The first-order chi connectivity index (χ1) is 8.58. The summed E-state index contributed by atoms with van der Waals surface area (Å²) in [4.78, 5) is 16.1. The Morgan fingerprint density at radius 2 is 2.06 bits per heavy atom. The van der Waals surface area contributed by atoms with Crippen molar-refractivity contribution in [3.05, 3.63) is 42.0 Å². The number of amides is 1. The average Bonchev–Trinajstić information content (AvgIpc) is 2.43. The summed E-state index contributed by atoms with van der Waals surface area (Å²) in [5, 5.41) is 0. The van der Waals surface area contributed by atoms with Crippen molar-refractivity contribution in [2.24, 2.45) is 0 Å². The zero-order valence-corrected chi connectivity index (χ0v) is 11.5. The minimum Gasteiger partial charge on any atom is -0.340 e. The average molecular weight is 246 g/mol. The molecule has 0 aromatic heterocycles. The Bertz CT molecular complexity index is 415. The van der Waals surface area contributed by atoms with Crippen molar-refractivity contribution in [3.8, 4) is 0 Å². The minimum absolute atomic E-state index is 0.0585. The summed E-state index contributed by atoms with van der Waals surface area (Å²) in [7, 11) is 3.89. The lowest BCUT2D eigenvalue weighted by Crippen LogP contribution is -2.34. The van der Waals surface area contributed by atoms with Crippen LogP contribution in [-0.4, -0.2) is 49.4 Å². The summed E-state index contributed by atoms with van der Waals surface area (Å²) in [6.07, 6.45) is 1.75. The minimum atomic E-state index is 0.0585. The molecule has 0 fully saturated rings. The van der Waals surface area contributed by atoms with E-state index in [0.29, 0.717) is 5.56 Å². The fraction of sp³-hybridized carbons (Fsp3) is 0.400. The topological polar surface area (TPSA) is 23.6 Å². The number of likely N-dealkylation sites (N-methyl/N-ethyl adjacent to an activating group) is 2. The largest absolute Gasteiger partial charge is 0.340 e. The van der Waals surface area contributed by atoms with Gasteiger partial charge >= 0.3 is 0 Å². The normalized spacial score (nSPS) is 10.4. The van der Waals surface area contributed by atoms with Gasteiger partial charge in [0.25, 0.3) is 5.91 Å².